The number of carboxylic acids is 1. The van der Waals surface area contributed by atoms with Crippen molar-refractivity contribution in [1.29, 1.82) is 0 Å². The number of amides is 2. The normalized spacial score (nSPS) is 26.6. The SMILES string of the molecule is CC1(C(=O)O)NC(c2cccc3ccccc23)C2C(=O)N(c3cccc([N+](=O)[O-])c3)C(=O)C21. The predicted molar refractivity (Wildman–Crippen MR) is 118 cm³/mol. The van der Waals surface area contributed by atoms with Gasteiger partial charge >= 0.3 is 5.97 Å². The van der Waals surface area contributed by atoms with Gasteiger partial charge in [0.1, 0.15) is 5.54 Å². The maximum atomic E-state index is 13.6. The average molecular weight is 445 g/mol. The molecule has 0 bridgehead atoms. The van der Waals surface area contributed by atoms with E-state index in [1.807, 2.05) is 42.5 Å². The van der Waals surface area contributed by atoms with E-state index in [0.29, 0.717) is 0 Å². The van der Waals surface area contributed by atoms with Crippen molar-refractivity contribution in [3.8, 4) is 0 Å². The number of non-ortho nitro benzene ring substituents is 1. The van der Waals surface area contributed by atoms with Gasteiger partial charge in [-0.15, -0.1) is 0 Å². The first-order chi connectivity index (χ1) is 15.7. The highest BCUT2D eigenvalue weighted by atomic mass is 16.6. The first-order valence-corrected chi connectivity index (χ1v) is 10.3. The highest BCUT2D eigenvalue weighted by Crippen LogP contribution is 2.50. The molecule has 3 aromatic rings. The lowest BCUT2D eigenvalue weighted by molar-refractivity contribution is -0.384. The molecule has 2 saturated heterocycles. The number of imide groups is 1. The summed E-state index contributed by atoms with van der Waals surface area (Å²) < 4.78 is 0. The lowest BCUT2D eigenvalue weighted by Crippen LogP contribution is -2.53. The maximum Gasteiger partial charge on any atom is 0.324 e. The molecule has 2 N–H and O–H groups in total. The number of carbonyl (C=O) groups excluding carboxylic acids is 2. The Balaban J connectivity index is 1.66. The maximum absolute atomic E-state index is 13.6. The molecule has 0 spiro atoms. The molecule has 2 amide bonds. The monoisotopic (exact) mass is 445 g/mol. The number of fused-ring (bicyclic) bond motifs is 2. The van der Waals surface area contributed by atoms with Gasteiger partial charge in [0, 0.05) is 18.2 Å². The third kappa shape index (κ3) is 2.93. The minimum atomic E-state index is -1.70. The molecule has 2 aliphatic heterocycles. The van der Waals surface area contributed by atoms with Crippen LogP contribution >= 0.6 is 0 Å². The van der Waals surface area contributed by atoms with Crippen LogP contribution in [0.3, 0.4) is 0 Å². The lowest BCUT2D eigenvalue weighted by atomic mass is 9.80. The van der Waals surface area contributed by atoms with Gasteiger partial charge in [-0.2, -0.15) is 0 Å². The van der Waals surface area contributed by atoms with Crippen LogP contribution < -0.4 is 10.2 Å². The lowest BCUT2D eigenvalue weighted by Gasteiger charge is -2.27. The minimum Gasteiger partial charge on any atom is -0.480 e. The highest BCUT2D eigenvalue weighted by Gasteiger charge is 2.67. The molecule has 0 aromatic heterocycles. The van der Waals surface area contributed by atoms with Crippen LogP contribution in [0.5, 0.6) is 0 Å². The fraction of sp³-hybridized carbons (Fsp3) is 0.208. The molecule has 0 saturated carbocycles. The Kier molecular flexibility index (Phi) is 4.54. The van der Waals surface area contributed by atoms with Crippen LogP contribution in [0.2, 0.25) is 0 Å². The first kappa shape index (κ1) is 20.8. The summed E-state index contributed by atoms with van der Waals surface area (Å²) in [5.41, 5.74) is -1.20. The molecule has 2 fully saturated rings. The van der Waals surface area contributed by atoms with Crippen molar-refractivity contribution in [2.45, 2.75) is 18.5 Å². The summed E-state index contributed by atoms with van der Waals surface area (Å²) in [6, 6.07) is 17.6. The molecular formula is C24H19N3O6. The van der Waals surface area contributed by atoms with Crippen LogP contribution in [0.25, 0.3) is 10.8 Å². The standard InChI is InChI=1S/C24H19N3O6/c1-24(23(30)31)19-18(20(25-24)17-11-4-7-13-6-2-3-10-16(13)17)21(28)26(22(19)29)14-8-5-9-15(12-14)27(32)33/h2-12,18-20,25H,1H3,(H,30,31). The number of rotatable bonds is 4. The van der Waals surface area contributed by atoms with Crippen molar-refractivity contribution in [2.75, 3.05) is 4.90 Å². The van der Waals surface area contributed by atoms with E-state index >= 15 is 0 Å². The second-order valence-corrected chi connectivity index (χ2v) is 8.49. The van der Waals surface area contributed by atoms with Crippen molar-refractivity contribution in [3.63, 3.8) is 0 Å². The van der Waals surface area contributed by atoms with Crippen molar-refractivity contribution in [3.05, 3.63) is 82.4 Å². The fourth-order valence-electron chi connectivity index (χ4n) is 5.12. The van der Waals surface area contributed by atoms with Crippen LogP contribution in [0.4, 0.5) is 11.4 Å². The number of nitro benzene ring substituents is 1. The van der Waals surface area contributed by atoms with E-state index < -0.39 is 46.1 Å². The van der Waals surface area contributed by atoms with Crippen molar-refractivity contribution >= 4 is 39.9 Å². The van der Waals surface area contributed by atoms with Crippen molar-refractivity contribution < 1.29 is 24.4 Å². The Morgan fingerprint density at radius 2 is 1.76 bits per heavy atom. The van der Waals surface area contributed by atoms with Crippen molar-refractivity contribution in [1.82, 2.24) is 5.32 Å². The summed E-state index contributed by atoms with van der Waals surface area (Å²) in [7, 11) is 0. The summed E-state index contributed by atoms with van der Waals surface area (Å²) in [6.07, 6.45) is 0. The summed E-state index contributed by atoms with van der Waals surface area (Å²) in [5.74, 6) is -4.68. The quantitative estimate of drug-likeness (QED) is 0.359. The average Bonchev–Trinajstić information content (AvgIpc) is 3.27. The van der Waals surface area contributed by atoms with E-state index in [4.69, 9.17) is 0 Å². The molecule has 2 aliphatic rings. The molecule has 3 aromatic carbocycles. The molecule has 2 heterocycles. The molecule has 9 nitrogen and oxygen atoms in total. The van der Waals surface area contributed by atoms with Gasteiger partial charge in [-0.1, -0.05) is 48.5 Å². The van der Waals surface area contributed by atoms with E-state index in [9.17, 15) is 29.6 Å². The van der Waals surface area contributed by atoms with Crippen LogP contribution in [-0.2, 0) is 14.4 Å². The molecule has 0 radical (unpaired) electrons. The number of benzene rings is 3. The number of nitrogens with zero attached hydrogens (tertiary/aromatic N) is 2. The van der Waals surface area contributed by atoms with Crippen molar-refractivity contribution in [2.24, 2.45) is 11.8 Å². The highest BCUT2D eigenvalue weighted by molar-refractivity contribution is 6.24. The smallest absolute Gasteiger partial charge is 0.324 e. The van der Waals surface area contributed by atoms with Gasteiger partial charge in [-0.25, -0.2) is 4.90 Å². The number of carbonyl (C=O) groups is 3. The van der Waals surface area contributed by atoms with Gasteiger partial charge < -0.3 is 5.11 Å². The molecule has 0 aliphatic carbocycles. The van der Waals surface area contributed by atoms with E-state index in [-0.39, 0.29) is 11.4 Å². The Labute approximate surface area is 187 Å². The van der Waals surface area contributed by atoms with Gasteiger partial charge in [-0.05, 0) is 29.3 Å². The minimum absolute atomic E-state index is 0.0537. The Morgan fingerprint density at radius 1 is 1.06 bits per heavy atom. The van der Waals surface area contributed by atoms with Crippen LogP contribution in [0.1, 0.15) is 18.5 Å². The third-order valence-electron chi connectivity index (χ3n) is 6.69. The number of aliphatic carboxylic acids is 1. The molecule has 5 rings (SSSR count). The summed E-state index contributed by atoms with van der Waals surface area (Å²) in [5, 5.41) is 26.1. The van der Waals surface area contributed by atoms with Crippen LogP contribution in [0.15, 0.2) is 66.7 Å². The van der Waals surface area contributed by atoms with Gasteiger partial charge in [0.2, 0.25) is 11.8 Å². The molecule has 4 atom stereocenters. The molecule has 33 heavy (non-hydrogen) atoms. The summed E-state index contributed by atoms with van der Waals surface area (Å²) >= 11 is 0. The van der Waals surface area contributed by atoms with Gasteiger partial charge in [0.05, 0.1) is 22.4 Å². The van der Waals surface area contributed by atoms with Crippen LogP contribution in [-0.4, -0.2) is 33.4 Å². The summed E-state index contributed by atoms with van der Waals surface area (Å²) in [6.45, 7) is 1.40. The number of nitrogens with one attached hydrogen (secondary N) is 1. The molecule has 166 valence electrons. The number of hydrogen-bond donors (Lipinski definition) is 2. The van der Waals surface area contributed by atoms with Gasteiger partial charge in [0.15, 0.2) is 0 Å². The largest absolute Gasteiger partial charge is 0.480 e. The first-order valence-electron chi connectivity index (χ1n) is 10.3. The zero-order valence-corrected chi connectivity index (χ0v) is 17.5. The van der Waals surface area contributed by atoms with Crippen LogP contribution in [0, 0.1) is 22.0 Å². The number of carboxylic acid groups (broad SMARTS) is 1. The van der Waals surface area contributed by atoms with E-state index in [2.05, 4.69) is 5.32 Å². The van der Waals surface area contributed by atoms with Gasteiger partial charge in [0.25, 0.3) is 5.69 Å². The number of nitro groups is 1. The second-order valence-electron chi connectivity index (χ2n) is 8.49. The van der Waals surface area contributed by atoms with E-state index in [1.54, 1.807) is 0 Å². The Morgan fingerprint density at radius 3 is 2.48 bits per heavy atom. The fourth-order valence-corrected chi connectivity index (χ4v) is 5.12. The molecular weight excluding hydrogens is 426 g/mol. The molecule has 4 unspecified atom stereocenters. The van der Waals surface area contributed by atoms with E-state index in [1.165, 1.54) is 25.1 Å². The Hall–Kier alpha value is -4.11. The summed E-state index contributed by atoms with van der Waals surface area (Å²) in [4.78, 5) is 50.9. The molecule has 9 heteroatoms. The second kappa shape index (κ2) is 7.21. The predicted octanol–water partition coefficient (Wildman–Crippen LogP) is 3.04. The third-order valence-corrected chi connectivity index (χ3v) is 6.69. The van der Waals surface area contributed by atoms with E-state index in [0.717, 1.165) is 27.3 Å². The Bertz CT molecular complexity index is 1350. The topological polar surface area (TPSA) is 130 Å². The number of anilines is 1. The zero-order chi connectivity index (χ0) is 23.5. The van der Waals surface area contributed by atoms with Gasteiger partial charge in [-0.3, -0.25) is 29.8 Å². The zero-order valence-electron chi connectivity index (χ0n) is 17.5. The number of hydrogen-bond acceptors (Lipinski definition) is 6.